The molecule has 0 aromatic carbocycles. The number of rotatable bonds is 0. The second-order valence-corrected chi connectivity index (χ2v) is 15.4. The van der Waals surface area contributed by atoms with Crippen LogP contribution in [0.5, 0.6) is 0 Å². The van der Waals surface area contributed by atoms with Crippen molar-refractivity contribution in [1.29, 1.82) is 0 Å². The lowest BCUT2D eigenvalue weighted by Crippen LogP contribution is -3.42. The minimum Gasteiger partial charge on any atom is -0.171 e. The van der Waals surface area contributed by atoms with Crippen LogP contribution in [0.1, 0.15) is 25.7 Å². The van der Waals surface area contributed by atoms with Crippen molar-refractivity contribution in [2.75, 3.05) is 0 Å². The highest BCUT2D eigenvalue weighted by Crippen LogP contribution is 3.46. The van der Waals surface area contributed by atoms with Crippen LogP contribution in [0.25, 0.3) is 0 Å². The van der Waals surface area contributed by atoms with Crippen molar-refractivity contribution < 1.29 is 0 Å². The van der Waals surface area contributed by atoms with E-state index < -0.39 is 0 Å². The molecule has 0 N–H and O–H groups in total. The fourth-order valence-corrected chi connectivity index (χ4v) is 23.6. The van der Waals surface area contributed by atoms with Crippen LogP contribution in [0.4, 0.5) is 0 Å². The predicted molar refractivity (Wildman–Crippen MR) is 88.0 cm³/mol. The summed E-state index contributed by atoms with van der Waals surface area (Å²) in [6, 6.07) is 0. The third-order valence-corrected chi connectivity index (χ3v) is 19.7. The van der Waals surface area contributed by atoms with Crippen molar-refractivity contribution in [3.05, 3.63) is 0 Å². The molecule has 122 valence electrons. The van der Waals surface area contributed by atoms with E-state index in [2.05, 4.69) is 0 Å². The van der Waals surface area contributed by atoms with Crippen molar-refractivity contribution in [3.63, 3.8) is 0 Å². The highest BCUT2D eigenvalue weighted by atomic mass is 32.1. The van der Waals surface area contributed by atoms with E-state index in [0.29, 0.717) is 4.75 Å². The Kier molecular flexibility index (Phi) is 0.618. The maximum Gasteiger partial charge on any atom is 0.0302 e. The monoisotopic (exact) mass is 340 g/mol. The normalized spacial score (nSPS) is 121. The largest absolute Gasteiger partial charge is 0.171 e. The molecular weight excluding hydrogens is 320 g/mol. The highest BCUT2D eigenvalue weighted by Gasteiger charge is 3.45. The lowest BCUT2D eigenvalue weighted by molar-refractivity contribution is -0.967. The predicted octanol–water partition coefficient (Wildman–Crippen LogP) is 3.09. The Hall–Kier alpha value is 0.350. The summed E-state index contributed by atoms with van der Waals surface area (Å²) in [4.78, 5) is 0. The third-order valence-electron chi connectivity index (χ3n) is 18.7. The first kappa shape index (κ1) is 9.71. The van der Waals surface area contributed by atoms with Gasteiger partial charge in [-0.1, -0.05) is 0 Å². The molecule has 15 saturated carbocycles. The average Bonchev–Trinajstić information content (AvgIpc) is 2.64. The van der Waals surface area contributed by atoms with Gasteiger partial charge < -0.3 is 0 Å². The molecule has 0 saturated heterocycles. The summed E-state index contributed by atoms with van der Waals surface area (Å²) >= 11 is 5.90. The molecule has 0 heterocycles. The molecule has 0 bridgehead atoms. The molecule has 8 spiro atoms. The van der Waals surface area contributed by atoms with Gasteiger partial charge in [-0.15, -0.1) is 0 Å². The van der Waals surface area contributed by atoms with E-state index >= 15 is 0 Å². The van der Waals surface area contributed by atoms with Crippen molar-refractivity contribution >= 4 is 12.6 Å². The van der Waals surface area contributed by atoms with E-state index in [1.807, 2.05) is 0 Å². The zero-order valence-electron chi connectivity index (χ0n) is 14.1. The summed E-state index contributed by atoms with van der Waals surface area (Å²) < 4.78 is 0.633. The van der Waals surface area contributed by atoms with E-state index in [-0.39, 0.29) is 0 Å². The molecule has 0 radical (unpaired) electrons. The molecule has 20 atom stereocenters. The summed E-state index contributed by atoms with van der Waals surface area (Å²) in [5, 5.41) is 0. The topological polar surface area (TPSA) is 0 Å². The third kappa shape index (κ3) is 0.255. The fraction of sp³-hybridized carbons (Fsp3) is 1.00. The zero-order valence-corrected chi connectivity index (χ0v) is 15.0. The minimum atomic E-state index is 0.633. The lowest BCUT2D eigenvalue weighted by atomic mass is 8.60. The standard InChI is InChI=1S/C24H20S/c25-23-12-2-6-5-1-7-13-8-3-9-14-10-4-11-15(12)22(23)18(10,11)21(14)17(8,9)20(13)16(5,7)19(6,23)24(20,21)22/h5-15,25H,1-4H2. The van der Waals surface area contributed by atoms with Crippen LogP contribution in [0, 0.1) is 108 Å². The Labute approximate surface area is 151 Å². The maximum absolute atomic E-state index is 5.90. The SMILES string of the molecule is SC12C3CC4C5CC6C7C8CC9C%10C%11CC%12C3C13C%12%11C%101C89C78C56C42C381. The van der Waals surface area contributed by atoms with Gasteiger partial charge in [-0.05, 0) is 118 Å². The van der Waals surface area contributed by atoms with Crippen LogP contribution in [-0.2, 0) is 0 Å². The Morgan fingerprint density at radius 1 is 0.480 bits per heavy atom. The van der Waals surface area contributed by atoms with Gasteiger partial charge in [-0.25, -0.2) is 0 Å². The first-order chi connectivity index (χ1) is 12.3. The van der Waals surface area contributed by atoms with Gasteiger partial charge in [0.2, 0.25) is 0 Å². The van der Waals surface area contributed by atoms with Gasteiger partial charge in [-0.3, -0.25) is 0 Å². The van der Waals surface area contributed by atoms with Gasteiger partial charge in [0.15, 0.2) is 0 Å². The van der Waals surface area contributed by atoms with Gasteiger partial charge in [0.1, 0.15) is 0 Å². The molecule has 0 amide bonds. The summed E-state index contributed by atoms with van der Waals surface area (Å²) in [7, 11) is 0. The Morgan fingerprint density at radius 3 is 1.64 bits per heavy atom. The van der Waals surface area contributed by atoms with E-state index in [4.69, 9.17) is 12.6 Å². The first-order valence-corrected chi connectivity index (χ1v) is 12.4. The second-order valence-electron chi connectivity index (χ2n) is 14.7. The van der Waals surface area contributed by atoms with Crippen LogP contribution >= 0.6 is 12.6 Å². The van der Waals surface area contributed by atoms with Gasteiger partial charge in [0.05, 0.1) is 0 Å². The van der Waals surface area contributed by atoms with Crippen LogP contribution < -0.4 is 0 Å². The summed E-state index contributed by atoms with van der Waals surface area (Å²) in [6.45, 7) is 0. The molecule has 0 aromatic heterocycles. The van der Waals surface area contributed by atoms with Crippen molar-refractivity contribution in [2.45, 2.75) is 30.4 Å². The number of hydrogen-bond donors (Lipinski definition) is 1. The van der Waals surface area contributed by atoms with Crippen LogP contribution in [0.3, 0.4) is 0 Å². The average molecular weight is 340 g/mol. The number of thiol groups is 1. The molecule has 20 unspecified atom stereocenters. The summed E-state index contributed by atoms with van der Waals surface area (Å²) in [6.07, 6.45) is 6.87. The highest BCUT2D eigenvalue weighted by molar-refractivity contribution is 7.82. The zero-order chi connectivity index (χ0) is 14.7. The molecule has 15 rings (SSSR count). The van der Waals surface area contributed by atoms with E-state index in [1.54, 1.807) is 25.7 Å². The summed E-state index contributed by atoms with van der Waals surface area (Å²) in [5.74, 6) is 13.8. The van der Waals surface area contributed by atoms with Gasteiger partial charge in [0, 0.05) is 21.0 Å². The molecule has 0 nitrogen and oxygen atoms in total. The lowest BCUT2D eigenvalue weighted by Gasteiger charge is -3.43. The molecule has 0 aromatic rings. The molecule has 15 aliphatic rings. The van der Waals surface area contributed by atoms with E-state index in [0.717, 1.165) is 49.2 Å². The summed E-state index contributed by atoms with van der Waals surface area (Å²) in [5.41, 5.74) is 7.91. The van der Waals surface area contributed by atoms with Gasteiger partial charge in [0.25, 0.3) is 0 Å². The molecule has 25 heavy (non-hydrogen) atoms. The quantitative estimate of drug-likeness (QED) is 0.644. The molecular formula is C24H20S. The smallest absolute Gasteiger partial charge is 0.0302 e. The molecule has 15 aliphatic carbocycles. The fourth-order valence-electron chi connectivity index (χ4n) is 22.3. The number of fused-ring (bicyclic) bond motifs is 7. The second kappa shape index (κ2) is 1.59. The van der Waals surface area contributed by atoms with Crippen LogP contribution in [-0.4, -0.2) is 4.75 Å². The van der Waals surface area contributed by atoms with Crippen LogP contribution in [0.2, 0.25) is 0 Å². The first-order valence-electron chi connectivity index (χ1n) is 12.0. The Bertz CT molecular complexity index is 1160. The van der Waals surface area contributed by atoms with Crippen LogP contribution in [0.15, 0.2) is 0 Å². The molecule has 15 fully saturated rings. The van der Waals surface area contributed by atoms with Crippen molar-refractivity contribution in [1.82, 2.24) is 0 Å². The van der Waals surface area contributed by atoms with Crippen molar-refractivity contribution in [3.8, 4) is 0 Å². The Morgan fingerprint density at radius 2 is 0.960 bits per heavy atom. The molecule has 0 aliphatic heterocycles. The number of hydrogen-bond acceptors (Lipinski definition) is 1. The Balaban J connectivity index is 1.27. The maximum atomic E-state index is 5.90. The van der Waals surface area contributed by atoms with Gasteiger partial charge >= 0.3 is 0 Å². The molecule has 1 heteroatoms. The minimum absolute atomic E-state index is 0.633. The van der Waals surface area contributed by atoms with E-state index in [9.17, 15) is 0 Å². The van der Waals surface area contributed by atoms with E-state index in [1.165, 1.54) is 59.2 Å². The van der Waals surface area contributed by atoms with Gasteiger partial charge in [-0.2, -0.15) is 12.6 Å². The van der Waals surface area contributed by atoms with Crippen molar-refractivity contribution in [2.24, 2.45) is 108 Å².